The van der Waals surface area contributed by atoms with E-state index in [2.05, 4.69) is 15.3 Å². The number of nitrogens with zero attached hydrogens (tertiary/aromatic N) is 2. The van der Waals surface area contributed by atoms with Gasteiger partial charge in [-0.15, -0.1) is 0 Å². The molecule has 1 aliphatic heterocycles. The number of nitrogens with one attached hydrogen (secondary N) is 2. The normalized spacial score (nSPS) is 16.4. The van der Waals surface area contributed by atoms with Crippen molar-refractivity contribution in [3.05, 3.63) is 48.3 Å². The van der Waals surface area contributed by atoms with Crippen LogP contribution in [0.15, 0.2) is 42.5 Å². The zero-order valence-electron chi connectivity index (χ0n) is 16.3. The molecule has 8 nitrogen and oxygen atoms in total. The number of carbonyl (C=O) groups excluding carboxylic acids is 2. The first kappa shape index (κ1) is 18.9. The maximum absolute atomic E-state index is 12.7. The molecule has 2 aromatic carbocycles. The standard InChI is InChI=1S/C21H22N4O4/c1-28-12-19-23-17-7-6-14(9-18(17)24-19)22-21(27)13-8-20(26)25(11-13)15-4-3-5-16(10-15)29-2/h3-7,9-10,13H,8,11-12H2,1-2H3,(H,22,27)(H,23,24)/t13-/m1/s1. The predicted molar refractivity (Wildman–Crippen MR) is 109 cm³/mol. The first-order valence-electron chi connectivity index (χ1n) is 9.30. The van der Waals surface area contributed by atoms with Crippen LogP contribution in [0.5, 0.6) is 5.75 Å². The lowest BCUT2D eigenvalue weighted by Gasteiger charge is -2.17. The fourth-order valence-corrected chi connectivity index (χ4v) is 3.50. The van der Waals surface area contributed by atoms with Gasteiger partial charge in [0, 0.05) is 37.5 Å². The molecule has 1 aliphatic rings. The Balaban J connectivity index is 1.46. The fraction of sp³-hybridized carbons (Fsp3) is 0.286. The predicted octanol–water partition coefficient (Wildman–Crippen LogP) is 2.71. The Hall–Kier alpha value is -3.39. The van der Waals surface area contributed by atoms with Gasteiger partial charge >= 0.3 is 0 Å². The quantitative estimate of drug-likeness (QED) is 0.670. The van der Waals surface area contributed by atoms with Gasteiger partial charge in [0.25, 0.3) is 0 Å². The molecule has 1 fully saturated rings. The number of hydrogen-bond acceptors (Lipinski definition) is 5. The summed E-state index contributed by atoms with van der Waals surface area (Å²) >= 11 is 0. The molecule has 2 N–H and O–H groups in total. The molecule has 2 amide bonds. The minimum Gasteiger partial charge on any atom is -0.497 e. The van der Waals surface area contributed by atoms with Crippen molar-refractivity contribution >= 4 is 34.2 Å². The maximum Gasteiger partial charge on any atom is 0.229 e. The van der Waals surface area contributed by atoms with Crippen molar-refractivity contribution in [1.29, 1.82) is 0 Å². The Kier molecular flexibility index (Phi) is 5.18. The van der Waals surface area contributed by atoms with E-state index in [1.807, 2.05) is 30.3 Å². The first-order valence-corrected chi connectivity index (χ1v) is 9.30. The molecule has 0 bridgehead atoms. The van der Waals surface area contributed by atoms with Gasteiger partial charge in [-0.1, -0.05) is 6.07 Å². The highest BCUT2D eigenvalue weighted by molar-refractivity contribution is 6.04. The molecule has 0 aliphatic carbocycles. The maximum atomic E-state index is 12.7. The Labute approximate surface area is 167 Å². The Morgan fingerprint density at radius 1 is 1.28 bits per heavy atom. The molecule has 29 heavy (non-hydrogen) atoms. The van der Waals surface area contributed by atoms with Crippen LogP contribution in [-0.2, 0) is 20.9 Å². The van der Waals surface area contributed by atoms with E-state index >= 15 is 0 Å². The van der Waals surface area contributed by atoms with Crippen LogP contribution in [0.3, 0.4) is 0 Å². The van der Waals surface area contributed by atoms with Gasteiger partial charge in [0.15, 0.2) is 0 Å². The molecule has 1 atom stereocenters. The highest BCUT2D eigenvalue weighted by atomic mass is 16.5. The van der Waals surface area contributed by atoms with Crippen LogP contribution in [0.1, 0.15) is 12.2 Å². The van der Waals surface area contributed by atoms with E-state index in [0.29, 0.717) is 24.6 Å². The smallest absolute Gasteiger partial charge is 0.229 e. The number of amides is 2. The lowest BCUT2D eigenvalue weighted by Crippen LogP contribution is -2.28. The van der Waals surface area contributed by atoms with E-state index in [1.165, 1.54) is 0 Å². The van der Waals surface area contributed by atoms with Crippen molar-refractivity contribution in [2.45, 2.75) is 13.0 Å². The second kappa shape index (κ2) is 7.92. The van der Waals surface area contributed by atoms with Gasteiger partial charge in [0.2, 0.25) is 11.8 Å². The third kappa shape index (κ3) is 3.93. The molecule has 2 heterocycles. The van der Waals surface area contributed by atoms with Crippen molar-refractivity contribution in [2.75, 3.05) is 31.0 Å². The molecular weight excluding hydrogens is 372 g/mol. The summed E-state index contributed by atoms with van der Waals surface area (Å²) in [6.07, 6.45) is 0.174. The van der Waals surface area contributed by atoms with Crippen molar-refractivity contribution < 1.29 is 19.1 Å². The van der Waals surface area contributed by atoms with E-state index in [-0.39, 0.29) is 18.2 Å². The number of carbonyl (C=O) groups is 2. The van der Waals surface area contributed by atoms with Gasteiger partial charge in [0.1, 0.15) is 18.2 Å². The Morgan fingerprint density at radius 2 is 2.14 bits per heavy atom. The summed E-state index contributed by atoms with van der Waals surface area (Å²) in [5, 5.41) is 2.91. The van der Waals surface area contributed by atoms with Crippen LogP contribution >= 0.6 is 0 Å². The minimum absolute atomic E-state index is 0.0772. The monoisotopic (exact) mass is 394 g/mol. The average Bonchev–Trinajstić information content (AvgIpc) is 3.31. The summed E-state index contributed by atoms with van der Waals surface area (Å²) in [7, 11) is 3.19. The average molecular weight is 394 g/mol. The van der Waals surface area contributed by atoms with Crippen LogP contribution in [-0.4, -0.2) is 42.5 Å². The molecule has 3 aromatic rings. The summed E-state index contributed by atoms with van der Waals surface area (Å²) in [6.45, 7) is 0.725. The van der Waals surface area contributed by atoms with E-state index in [4.69, 9.17) is 9.47 Å². The van der Waals surface area contributed by atoms with Crippen LogP contribution in [0, 0.1) is 5.92 Å². The van der Waals surface area contributed by atoms with Crippen molar-refractivity contribution in [2.24, 2.45) is 5.92 Å². The zero-order chi connectivity index (χ0) is 20.4. The lowest BCUT2D eigenvalue weighted by molar-refractivity contribution is -0.122. The third-order valence-electron chi connectivity index (χ3n) is 4.94. The van der Waals surface area contributed by atoms with Gasteiger partial charge in [-0.05, 0) is 30.3 Å². The lowest BCUT2D eigenvalue weighted by atomic mass is 10.1. The second-order valence-electron chi connectivity index (χ2n) is 6.94. The number of methoxy groups -OCH3 is 2. The van der Waals surface area contributed by atoms with Gasteiger partial charge in [0.05, 0.1) is 24.1 Å². The number of H-pyrrole nitrogens is 1. The number of ether oxygens (including phenoxy) is 2. The SMILES string of the molecule is COCc1nc2ccc(NC(=O)[C@@H]3CC(=O)N(c4cccc(OC)c4)C3)cc2[nH]1. The molecular formula is C21H22N4O4. The van der Waals surface area contributed by atoms with Crippen LogP contribution in [0.25, 0.3) is 11.0 Å². The summed E-state index contributed by atoms with van der Waals surface area (Å²) in [5.41, 5.74) is 3.00. The number of aromatic nitrogens is 2. The molecule has 0 radical (unpaired) electrons. The minimum atomic E-state index is -0.421. The van der Waals surface area contributed by atoms with Gasteiger partial charge in [-0.2, -0.15) is 0 Å². The third-order valence-corrected chi connectivity index (χ3v) is 4.94. The van der Waals surface area contributed by atoms with Gasteiger partial charge in [-0.3, -0.25) is 9.59 Å². The molecule has 4 rings (SSSR count). The topological polar surface area (TPSA) is 96.5 Å². The van der Waals surface area contributed by atoms with Crippen molar-refractivity contribution in [3.8, 4) is 5.75 Å². The number of anilines is 2. The number of hydrogen-bond donors (Lipinski definition) is 2. The summed E-state index contributed by atoms with van der Waals surface area (Å²) in [6, 6.07) is 12.7. The largest absolute Gasteiger partial charge is 0.497 e. The highest BCUT2D eigenvalue weighted by Crippen LogP contribution is 2.29. The number of aromatic amines is 1. The van der Waals surface area contributed by atoms with Crippen LogP contribution in [0.4, 0.5) is 11.4 Å². The fourth-order valence-electron chi connectivity index (χ4n) is 3.50. The Morgan fingerprint density at radius 3 is 2.93 bits per heavy atom. The molecule has 1 saturated heterocycles. The molecule has 1 aromatic heterocycles. The van der Waals surface area contributed by atoms with Crippen molar-refractivity contribution in [3.63, 3.8) is 0 Å². The van der Waals surface area contributed by atoms with E-state index in [0.717, 1.165) is 22.5 Å². The Bertz CT molecular complexity index is 1060. The molecule has 8 heteroatoms. The summed E-state index contributed by atoms with van der Waals surface area (Å²) in [4.78, 5) is 34.4. The van der Waals surface area contributed by atoms with Crippen LogP contribution < -0.4 is 15.0 Å². The molecule has 0 saturated carbocycles. The molecule has 0 spiro atoms. The summed E-state index contributed by atoms with van der Waals surface area (Å²) in [5.74, 6) is 0.715. The first-order chi connectivity index (χ1) is 14.1. The zero-order valence-corrected chi connectivity index (χ0v) is 16.3. The number of fused-ring (bicyclic) bond motifs is 1. The van der Waals surface area contributed by atoms with E-state index in [1.54, 1.807) is 31.3 Å². The highest BCUT2D eigenvalue weighted by Gasteiger charge is 2.35. The molecule has 150 valence electrons. The molecule has 0 unspecified atom stereocenters. The van der Waals surface area contributed by atoms with Gasteiger partial charge in [-0.25, -0.2) is 4.98 Å². The van der Waals surface area contributed by atoms with Crippen molar-refractivity contribution in [1.82, 2.24) is 9.97 Å². The van der Waals surface area contributed by atoms with Crippen LogP contribution in [0.2, 0.25) is 0 Å². The van der Waals surface area contributed by atoms with Gasteiger partial charge < -0.3 is 24.7 Å². The van der Waals surface area contributed by atoms with E-state index in [9.17, 15) is 9.59 Å². The second-order valence-corrected chi connectivity index (χ2v) is 6.94. The number of benzene rings is 2. The number of imidazole rings is 1. The summed E-state index contributed by atoms with van der Waals surface area (Å²) < 4.78 is 10.3. The number of rotatable bonds is 6. The van der Waals surface area contributed by atoms with E-state index < -0.39 is 5.92 Å².